The van der Waals surface area contributed by atoms with Crippen LogP contribution in [0.15, 0.2) is 77.7 Å². The van der Waals surface area contributed by atoms with Gasteiger partial charge in [0.05, 0.1) is 12.2 Å². The van der Waals surface area contributed by atoms with Gasteiger partial charge in [0.2, 0.25) is 5.91 Å². The minimum Gasteiger partial charge on any atom is -0.323 e. The summed E-state index contributed by atoms with van der Waals surface area (Å²) in [6.45, 7) is 5.90. The van der Waals surface area contributed by atoms with Gasteiger partial charge < -0.3 is 9.88 Å². The van der Waals surface area contributed by atoms with Crippen molar-refractivity contribution in [3.8, 4) is 0 Å². The molecule has 0 aliphatic heterocycles. The van der Waals surface area contributed by atoms with Crippen LogP contribution in [-0.2, 0) is 11.3 Å². The summed E-state index contributed by atoms with van der Waals surface area (Å²) >= 11 is 6.24. The van der Waals surface area contributed by atoms with Crippen molar-refractivity contribution in [1.82, 2.24) is 9.47 Å². The van der Waals surface area contributed by atoms with Crippen LogP contribution in [0.3, 0.4) is 0 Å². The van der Waals surface area contributed by atoms with E-state index in [2.05, 4.69) is 10.2 Å². The molecule has 0 spiro atoms. The quantitative estimate of drug-likeness (QED) is 0.577. The smallest absolute Gasteiger partial charge is 0.250 e. The fourth-order valence-corrected chi connectivity index (χ4v) is 3.70. The third-order valence-electron chi connectivity index (χ3n) is 5.09. The Hall–Kier alpha value is -2.89. The van der Waals surface area contributed by atoms with Crippen LogP contribution in [0.4, 0.5) is 5.69 Å². The Morgan fingerprint density at radius 3 is 2.33 bits per heavy atom. The first-order valence-corrected chi connectivity index (χ1v) is 10.4. The van der Waals surface area contributed by atoms with Crippen molar-refractivity contribution in [3.63, 3.8) is 0 Å². The van der Waals surface area contributed by atoms with E-state index in [-0.39, 0.29) is 11.5 Å². The zero-order chi connectivity index (χ0) is 21.5. The number of hydrogen-bond donors (Lipinski definition) is 1. The average molecular weight is 424 g/mol. The minimum atomic E-state index is -0.412. The molecule has 30 heavy (non-hydrogen) atoms. The molecule has 1 heterocycles. The fraction of sp³-hybridized carbons (Fsp3) is 0.250. The van der Waals surface area contributed by atoms with E-state index in [1.807, 2.05) is 62.4 Å². The van der Waals surface area contributed by atoms with Gasteiger partial charge in [0.1, 0.15) is 6.04 Å². The van der Waals surface area contributed by atoms with Crippen molar-refractivity contribution in [3.05, 3.63) is 99.4 Å². The number of nitrogens with one attached hydrogen (secondary N) is 1. The third kappa shape index (κ3) is 5.17. The molecule has 3 aromatic rings. The number of carbonyl (C=O) groups is 1. The number of benzene rings is 2. The second-order valence-electron chi connectivity index (χ2n) is 7.00. The Kier molecular flexibility index (Phi) is 7.44. The number of nitrogens with zero attached hydrogens (tertiary/aromatic N) is 2. The van der Waals surface area contributed by atoms with Crippen LogP contribution < -0.4 is 10.9 Å². The highest BCUT2D eigenvalue weighted by atomic mass is 35.5. The van der Waals surface area contributed by atoms with E-state index in [9.17, 15) is 9.59 Å². The largest absolute Gasteiger partial charge is 0.323 e. The number of rotatable bonds is 8. The standard InChI is InChI=1S/C24H26ClN3O2/c1-3-27(4-2)23(18-10-6-5-7-11-18)24(30)26-20-14-15-22(29)28(17-20)16-19-12-8-9-13-21(19)25/h5-15,17,23H,3-4,16H2,1-2H3,(H,26,30). The molecule has 2 aromatic carbocycles. The summed E-state index contributed by atoms with van der Waals surface area (Å²) in [6.07, 6.45) is 1.66. The summed E-state index contributed by atoms with van der Waals surface area (Å²) < 4.78 is 1.55. The lowest BCUT2D eigenvalue weighted by atomic mass is 10.0. The summed E-state index contributed by atoms with van der Waals surface area (Å²) in [5, 5.41) is 3.59. The van der Waals surface area contributed by atoms with Crippen molar-refractivity contribution in [2.75, 3.05) is 18.4 Å². The molecule has 6 heteroatoms. The van der Waals surface area contributed by atoms with Crippen LogP contribution in [0, 0.1) is 0 Å². The van der Waals surface area contributed by atoms with Crippen LogP contribution in [0.2, 0.25) is 5.02 Å². The van der Waals surface area contributed by atoms with Crippen LogP contribution in [0.25, 0.3) is 0 Å². The first kappa shape index (κ1) is 21.8. The van der Waals surface area contributed by atoms with Gasteiger partial charge in [-0.3, -0.25) is 14.5 Å². The number of aromatic nitrogens is 1. The predicted octanol–water partition coefficient (Wildman–Crippen LogP) is 4.57. The Balaban J connectivity index is 1.86. The first-order chi connectivity index (χ1) is 14.5. The highest BCUT2D eigenvalue weighted by Crippen LogP contribution is 2.23. The van der Waals surface area contributed by atoms with Crippen LogP contribution in [0.5, 0.6) is 0 Å². The monoisotopic (exact) mass is 423 g/mol. The van der Waals surface area contributed by atoms with Crippen molar-refractivity contribution in [2.45, 2.75) is 26.4 Å². The van der Waals surface area contributed by atoms with E-state index in [1.165, 1.54) is 6.07 Å². The number of carbonyl (C=O) groups excluding carboxylic acids is 1. The van der Waals surface area contributed by atoms with Gasteiger partial charge in [-0.25, -0.2) is 0 Å². The number of pyridine rings is 1. The van der Waals surface area contributed by atoms with E-state index >= 15 is 0 Å². The van der Waals surface area contributed by atoms with Gasteiger partial charge in [-0.1, -0.05) is 74.0 Å². The van der Waals surface area contributed by atoms with E-state index in [0.29, 0.717) is 17.3 Å². The lowest BCUT2D eigenvalue weighted by Gasteiger charge is -2.29. The molecular weight excluding hydrogens is 398 g/mol. The lowest BCUT2D eigenvalue weighted by molar-refractivity contribution is -0.121. The third-order valence-corrected chi connectivity index (χ3v) is 5.46. The van der Waals surface area contributed by atoms with E-state index in [4.69, 9.17) is 11.6 Å². The fourth-order valence-electron chi connectivity index (χ4n) is 3.50. The molecule has 0 radical (unpaired) electrons. The molecule has 1 aromatic heterocycles. The maximum Gasteiger partial charge on any atom is 0.250 e. The van der Waals surface area contributed by atoms with Crippen molar-refractivity contribution in [1.29, 1.82) is 0 Å². The molecule has 1 N–H and O–H groups in total. The normalized spacial score (nSPS) is 12.0. The molecule has 0 saturated carbocycles. The molecule has 156 valence electrons. The van der Waals surface area contributed by atoms with Gasteiger partial charge in [0, 0.05) is 17.3 Å². The summed E-state index contributed by atoms with van der Waals surface area (Å²) in [5.41, 5.74) is 2.19. The van der Waals surface area contributed by atoms with Crippen LogP contribution in [0.1, 0.15) is 31.0 Å². The topological polar surface area (TPSA) is 54.3 Å². The van der Waals surface area contributed by atoms with Crippen molar-refractivity contribution < 1.29 is 4.79 Å². The molecule has 1 unspecified atom stereocenters. The summed E-state index contributed by atoms with van der Waals surface area (Å²) in [7, 11) is 0. The highest BCUT2D eigenvalue weighted by Gasteiger charge is 2.25. The van der Waals surface area contributed by atoms with Crippen LogP contribution in [-0.4, -0.2) is 28.5 Å². The van der Waals surface area contributed by atoms with Gasteiger partial charge in [-0.05, 0) is 36.3 Å². The van der Waals surface area contributed by atoms with Crippen molar-refractivity contribution in [2.24, 2.45) is 0 Å². The second-order valence-corrected chi connectivity index (χ2v) is 7.41. The Morgan fingerprint density at radius 2 is 1.67 bits per heavy atom. The highest BCUT2D eigenvalue weighted by molar-refractivity contribution is 6.31. The van der Waals surface area contributed by atoms with E-state index in [0.717, 1.165) is 24.2 Å². The van der Waals surface area contributed by atoms with Crippen molar-refractivity contribution >= 4 is 23.2 Å². The Labute approximate surface area is 181 Å². The maximum absolute atomic E-state index is 13.2. The molecule has 0 bridgehead atoms. The van der Waals surface area contributed by atoms with Gasteiger partial charge >= 0.3 is 0 Å². The number of hydrogen-bond acceptors (Lipinski definition) is 3. The molecule has 0 fully saturated rings. The Bertz CT molecular complexity index is 1050. The summed E-state index contributed by atoms with van der Waals surface area (Å²) in [5.74, 6) is -0.132. The zero-order valence-electron chi connectivity index (χ0n) is 17.2. The van der Waals surface area contributed by atoms with E-state index in [1.54, 1.807) is 22.9 Å². The number of amides is 1. The predicted molar refractivity (Wildman–Crippen MR) is 122 cm³/mol. The first-order valence-electron chi connectivity index (χ1n) is 10.1. The molecule has 3 rings (SSSR count). The zero-order valence-corrected chi connectivity index (χ0v) is 18.0. The lowest BCUT2D eigenvalue weighted by Crippen LogP contribution is -2.37. The second kappa shape index (κ2) is 10.2. The molecular formula is C24H26ClN3O2. The molecule has 5 nitrogen and oxygen atoms in total. The average Bonchev–Trinajstić information content (AvgIpc) is 2.76. The van der Waals surface area contributed by atoms with E-state index < -0.39 is 6.04 Å². The van der Waals surface area contributed by atoms with Gasteiger partial charge in [-0.2, -0.15) is 0 Å². The molecule has 0 saturated heterocycles. The maximum atomic E-state index is 13.2. The number of anilines is 1. The Morgan fingerprint density at radius 1 is 1.00 bits per heavy atom. The summed E-state index contributed by atoms with van der Waals surface area (Å²) in [6, 6.07) is 19.8. The molecule has 1 atom stereocenters. The van der Waals surface area contributed by atoms with Gasteiger partial charge in [0.25, 0.3) is 5.56 Å². The molecule has 0 aliphatic carbocycles. The van der Waals surface area contributed by atoms with Gasteiger partial charge in [-0.15, -0.1) is 0 Å². The van der Waals surface area contributed by atoms with Crippen LogP contribution >= 0.6 is 11.6 Å². The SMILES string of the molecule is CCN(CC)C(C(=O)Nc1ccc(=O)n(Cc2ccccc2Cl)c1)c1ccccc1. The van der Waals surface area contributed by atoms with Gasteiger partial charge in [0.15, 0.2) is 0 Å². The number of likely N-dealkylation sites (N-methyl/N-ethyl adjacent to an activating group) is 1. The molecule has 0 aliphatic rings. The number of halogens is 1. The molecule has 1 amide bonds. The summed E-state index contributed by atoms with van der Waals surface area (Å²) in [4.78, 5) is 27.6. The minimum absolute atomic E-state index is 0.132.